The third-order valence-corrected chi connectivity index (χ3v) is 0.565. The molecule has 0 unspecified atom stereocenters. The van der Waals surface area contributed by atoms with Crippen LogP contribution in [0.1, 0.15) is 6.92 Å². The van der Waals surface area contributed by atoms with Crippen molar-refractivity contribution in [2.24, 2.45) is 0 Å². The first kappa shape index (κ1) is 25.0. The maximum absolute atomic E-state index is 9.60. The monoisotopic (exact) mass is 256 g/mol. The Morgan fingerprint density at radius 2 is 1.12 bits per heavy atom. The standard InChI is InChI=1S/C4H6O2.2C2H6O2.C2H6O/c1-3(2)4(5)6;2*3-1-2-4;1-3-2/h1H2,2H3,(H,5,6);2*3-4H,1-2H2;1-2H3. The average molecular weight is 256 g/mol. The van der Waals surface area contributed by atoms with Crippen molar-refractivity contribution < 1.29 is 35.1 Å². The largest absolute Gasteiger partial charge is 0.478 e. The molecule has 0 aromatic carbocycles. The normalized spacial score (nSPS) is 7.24. The van der Waals surface area contributed by atoms with E-state index < -0.39 is 5.97 Å². The van der Waals surface area contributed by atoms with E-state index in [2.05, 4.69) is 11.3 Å². The van der Waals surface area contributed by atoms with Crippen LogP contribution in [0.3, 0.4) is 0 Å². The SMILES string of the molecule is C=C(C)C(=O)O.COC.OCCO.OCCO. The lowest BCUT2D eigenvalue weighted by atomic mass is 10.4. The van der Waals surface area contributed by atoms with E-state index in [1.165, 1.54) is 6.92 Å². The fourth-order valence-electron chi connectivity index (χ4n) is 0. The Morgan fingerprint density at radius 1 is 1.00 bits per heavy atom. The molecule has 7 nitrogen and oxygen atoms in total. The number of methoxy groups -OCH3 is 1. The van der Waals surface area contributed by atoms with Crippen molar-refractivity contribution in [2.45, 2.75) is 6.92 Å². The lowest BCUT2D eigenvalue weighted by Gasteiger charge is -1.79. The number of aliphatic carboxylic acids is 1. The molecule has 0 aliphatic carbocycles. The number of ether oxygens (including phenoxy) is 1. The molecule has 0 saturated carbocycles. The van der Waals surface area contributed by atoms with Crippen molar-refractivity contribution in [1.29, 1.82) is 0 Å². The number of hydrogen-bond acceptors (Lipinski definition) is 6. The van der Waals surface area contributed by atoms with Crippen molar-refractivity contribution in [3.63, 3.8) is 0 Å². The van der Waals surface area contributed by atoms with Gasteiger partial charge in [-0.2, -0.15) is 0 Å². The molecule has 5 N–H and O–H groups in total. The molecular weight excluding hydrogens is 232 g/mol. The van der Waals surface area contributed by atoms with Crippen LogP contribution < -0.4 is 0 Å². The highest BCUT2D eigenvalue weighted by Crippen LogP contribution is 1.81. The van der Waals surface area contributed by atoms with E-state index in [9.17, 15) is 4.79 Å². The van der Waals surface area contributed by atoms with Crippen LogP contribution in [0.4, 0.5) is 0 Å². The number of hydrogen-bond donors (Lipinski definition) is 5. The highest BCUT2D eigenvalue weighted by atomic mass is 16.4. The van der Waals surface area contributed by atoms with Crippen LogP contribution in [0.5, 0.6) is 0 Å². The van der Waals surface area contributed by atoms with E-state index in [1.54, 1.807) is 14.2 Å². The summed E-state index contributed by atoms with van der Waals surface area (Å²) in [5.41, 5.74) is 0.176. The molecule has 17 heavy (non-hydrogen) atoms. The molecule has 106 valence electrons. The third kappa shape index (κ3) is 101. The van der Waals surface area contributed by atoms with Gasteiger partial charge in [-0.25, -0.2) is 4.79 Å². The quantitative estimate of drug-likeness (QED) is 0.403. The van der Waals surface area contributed by atoms with Crippen LogP contribution in [0.15, 0.2) is 12.2 Å². The molecule has 0 rings (SSSR count). The first-order valence-corrected chi connectivity index (χ1v) is 4.61. The second kappa shape index (κ2) is 29.4. The van der Waals surface area contributed by atoms with E-state index in [1.807, 2.05) is 0 Å². The van der Waals surface area contributed by atoms with Gasteiger partial charge in [0, 0.05) is 19.8 Å². The maximum Gasteiger partial charge on any atom is 0.330 e. The minimum absolute atomic E-state index is 0.125. The average Bonchev–Trinajstić information content (AvgIpc) is 2.30. The summed E-state index contributed by atoms with van der Waals surface area (Å²) < 4.78 is 4.25. The van der Waals surface area contributed by atoms with Crippen LogP contribution >= 0.6 is 0 Å². The van der Waals surface area contributed by atoms with Crippen molar-refractivity contribution >= 4 is 5.97 Å². The van der Waals surface area contributed by atoms with Crippen molar-refractivity contribution in [1.82, 2.24) is 0 Å². The number of carbonyl (C=O) groups is 1. The molecule has 0 fully saturated rings. The van der Waals surface area contributed by atoms with E-state index in [0.29, 0.717) is 0 Å². The Morgan fingerprint density at radius 3 is 1.12 bits per heavy atom. The minimum atomic E-state index is -0.935. The van der Waals surface area contributed by atoms with Gasteiger partial charge in [0.1, 0.15) is 0 Å². The third-order valence-electron chi connectivity index (χ3n) is 0.565. The summed E-state index contributed by atoms with van der Waals surface area (Å²) in [7, 11) is 3.25. The van der Waals surface area contributed by atoms with Crippen LogP contribution in [0.2, 0.25) is 0 Å². The molecular formula is C10H24O7. The van der Waals surface area contributed by atoms with Gasteiger partial charge in [-0.1, -0.05) is 6.58 Å². The molecule has 0 bridgehead atoms. The van der Waals surface area contributed by atoms with Gasteiger partial charge < -0.3 is 30.3 Å². The Labute approximate surface area is 102 Å². The Bertz CT molecular complexity index is 128. The number of rotatable bonds is 3. The summed E-state index contributed by atoms with van der Waals surface area (Å²) >= 11 is 0. The van der Waals surface area contributed by atoms with Gasteiger partial charge >= 0.3 is 5.97 Å². The predicted molar refractivity (Wildman–Crippen MR) is 63.7 cm³/mol. The van der Waals surface area contributed by atoms with Gasteiger partial charge in [0.2, 0.25) is 0 Å². The van der Waals surface area contributed by atoms with Gasteiger partial charge in [0.15, 0.2) is 0 Å². The summed E-state index contributed by atoms with van der Waals surface area (Å²) in [6.07, 6.45) is 0. The molecule has 0 saturated heterocycles. The summed E-state index contributed by atoms with van der Waals surface area (Å²) in [4.78, 5) is 9.60. The first-order chi connectivity index (χ1) is 7.89. The zero-order chi connectivity index (χ0) is 14.7. The molecule has 0 heterocycles. The summed E-state index contributed by atoms with van der Waals surface area (Å²) in [6.45, 7) is 4.10. The van der Waals surface area contributed by atoms with Crippen molar-refractivity contribution in [2.75, 3.05) is 40.6 Å². The summed E-state index contributed by atoms with van der Waals surface area (Å²) in [5, 5.41) is 38.4. The van der Waals surface area contributed by atoms with Crippen LogP contribution in [0, 0.1) is 0 Å². The molecule has 0 aliphatic rings. The molecule has 7 heteroatoms. The maximum atomic E-state index is 9.60. The van der Waals surface area contributed by atoms with Gasteiger partial charge in [-0.3, -0.25) is 0 Å². The van der Waals surface area contributed by atoms with Crippen molar-refractivity contribution in [3.05, 3.63) is 12.2 Å². The Kier molecular flexibility index (Phi) is 43.3. The van der Waals surface area contributed by atoms with Gasteiger partial charge in [-0.05, 0) is 6.92 Å². The molecule has 0 amide bonds. The predicted octanol–water partition coefficient (Wildman–Crippen LogP) is -1.15. The lowest BCUT2D eigenvalue weighted by Crippen LogP contribution is -1.92. The van der Waals surface area contributed by atoms with Gasteiger partial charge in [-0.15, -0.1) is 0 Å². The highest BCUT2D eigenvalue weighted by Gasteiger charge is 1.90. The molecule has 0 radical (unpaired) electrons. The molecule has 0 aromatic rings. The number of carboxylic acid groups (broad SMARTS) is 1. The van der Waals surface area contributed by atoms with E-state index in [0.717, 1.165) is 0 Å². The molecule has 0 atom stereocenters. The molecule has 0 spiro atoms. The minimum Gasteiger partial charge on any atom is -0.478 e. The number of aliphatic hydroxyl groups excluding tert-OH is 4. The Hall–Kier alpha value is -0.990. The second-order valence-corrected chi connectivity index (χ2v) is 2.39. The van der Waals surface area contributed by atoms with Crippen LogP contribution in [-0.2, 0) is 9.53 Å². The van der Waals surface area contributed by atoms with Crippen LogP contribution in [0.25, 0.3) is 0 Å². The summed E-state index contributed by atoms with van der Waals surface area (Å²) in [5.74, 6) is -0.935. The zero-order valence-corrected chi connectivity index (χ0v) is 10.6. The van der Waals surface area contributed by atoms with Gasteiger partial charge in [0.25, 0.3) is 0 Å². The van der Waals surface area contributed by atoms with Crippen LogP contribution in [-0.4, -0.2) is 72.1 Å². The first-order valence-electron chi connectivity index (χ1n) is 4.61. The fraction of sp³-hybridized carbons (Fsp3) is 0.700. The van der Waals surface area contributed by atoms with E-state index >= 15 is 0 Å². The second-order valence-electron chi connectivity index (χ2n) is 2.39. The zero-order valence-electron chi connectivity index (χ0n) is 10.6. The van der Waals surface area contributed by atoms with Crippen molar-refractivity contribution in [3.8, 4) is 0 Å². The van der Waals surface area contributed by atoms with E-state index in [4.69, 9.17) is 25.5 Å². The fourth-order valence-corrected chi connectivity index (χ4v) is 0. The van der Waals surface area contributed by atoms with E-state index in [-0.39, 0.29) is 32.0 Å². The smallest absolute Gasteiger partial charge is 0.330 e. The highest BCUT2D eigenvalue weighted by molar-refractivity contribution is 5.84. The van der Waals surface area contributed by atoms with Gasteiger partial charge in [0.05, 0.1) is 26.4 Å². The Balaban J connectivity index is -0.0000000688. The summed E-state index contributed by atoms with van der Waals surface area (Å²) in [6, 6.07) is 0. The number of carboxylic acids is 1. The lowest BCUT2D eigenvalue weighted by molar-refractivity contribution is -0.132. The number of aliphatic hydroxyl groups is 4. The molecule has 0 aromatic heterocycles. The molecule has 0 aliphatic heterocycles. The topological polar surface area (TPSA) is 127 Å².